The Morgan fingerprint density at radius 2 is 2.04 bits per heavy atom. The van der Waals surface area contributed by atoms with Crippen LogP contribution in [0.15, 0.2) is 60.3 Å². The van der Waals surface area contributed by atoms with Gasteiger partial charge in [0.05, 0.1) is 22.8 Å². The number of hydrogen-bond acceptors (Lipinski definition) is 4. The van der Waals surface area contributed by atoms with E-state index in [0.717, 1.165) is 39.6 Å². The Labute approximate surface area is 151 Å². The van der Waals surface area contributed by atoms with E-state index in [9.17, 15) is 4.39 Å². The maximum Gasteiger partial charge on any atom is 0.125 e. The number of pyridine rings is 1. The lowest BCUT2D eigenvalue weighted by Crippen LogP contribution is -2.35. The molecule has 26 heavy (non-hydrogen) atoms. The Bertz CT molecular complexity index is 987. The fraction of sp³-hybridized carbons (Fsp3) is 0.200. The number of aromatic nitrogens is 3. The van der Waals surface area contributed by atoms with Crippen molar-refractivity contribution in [3.63, 3.8) is 0 Å². The number of fused-ring (bicyclic) bond motifs is 3. The van der Waals surface area contributed by atoms with Gasteiger partial charge in [-0.1, -0.05) is 5.57 Å². The summed E-state index contributed by atoms with van der Waals surface area (Å²) in [4.78, 5) is 8.86. The van der Waals surface area contributed by atoms with E-state index in [4.69, 9.17) is 0 Å². The summed E-state index contributed by atoms with van der Waals surface area (Å²) >= 11 is 0. The molecule has 1 aliphatic heterocycles. The van der Waals surface area contributed by atoms with E-state index in [1.807, 2.05) is 35.0 Å². The summed E-state index contributed by atoms with van der Waals surface area (Å²) in [6.07, 6.45) is 6.04. The van der Waals surface area contributed by atoms with Crippen LogP contribution in [0.2, 0.25) is 0 Å². The number of hydrogen-bond donors (Lipinski definition) is 1. The number of benzene rings is 1. The molecule has 5 nitrogen and oxygen atoms in total. The molecule has 0 bridgehead atoms. The largest absolute Gasteiger partial charge is 0.300 e. The number of allylic oxidation sites excluding steroid dienone is 2. The second kappa shape index (κ2) is 6.38. The van der Waals surface area contributed by atoms with Crippen molar-refractivity contribution in [1.29, 1.82) is 0 Å². The van der Waals surface area contributed by atoms with Gasteiger partial charge >= 0.3 is 0 Å². The quantitative estimate of drug-likeness (QED) is 0.763. The van der Waals surface area contributed by atoms with Crippen molar-refractivity contribution >= 4 is 5.69 Å². The SMILES string of the molecule is CNN1C(=C(C)C)Cc2c(-c3cccnc3)ncn2-c2ccc(F)cc21. The summed E-state index contributed by atoms with van der Waals surface area (Å²) < 4.78 is 16.0. The molecule has 0 aliphatic carbocycles. The van der Waals surface area contributed by atoms with Crippen molar-refractivity contribution in [1.82, 2.24) is 20.0 Å². The first kappa shape index (κ1) is 16.5. The molecule has 132 valence electrons. The van der Waals surface area contributed by atoms with E-state index in [1.165, 1.54) is 6.07 Å². The van der Waals surface area contributed by atoms with Crippen molar-refractivity contribution in [2.45, 2.75) is 20.3 Å². The fourth-order valence-electron chi connectivity index (χ4n) is 3.41. The van der Waals surface area contributed by atoms with Gasteiger partial charge in [0.15, 0.2) is 0 Å². The molecule has 2 aromatic heterocycles. The number of nitrogens with zero attached hydrogens (tertiary/aromatic N) is 4. The molecule has 4 rings (SSSR count). The smallest absolute Gasteiger partial charge is 0.125 e. The summed E-state index contributed by atoms with van der Waals surface area (Å²) in [5.74, 6) is -0.270. The number of hydrazine groups is 1. The normalized spacial score (nSPS) is 13.2. The minimum atomic E-state index is -0.270. The standard InChI is InChI=1S/C20H20FN5/c1-13(2)17-10-19-20(14-5-4-8-23-11-14)24-12-25(19)16-7-6-15(21)9-18(16)26(17)22-3/h4-9,11-12,22H,10H2,1-3H3. The van der Waals surface area contributed by atoms with Crippen LogP contribution in [0.3, 0.4) is 0 Å². The van der Waals surface area contributed by atoms with Crippen molar-refractivity contribution in [2.75, 3.05) is 12.1 Å². The maximum atomic E-state index is 14.0. The Kier molecular flexibility index (Phi) is 4.05. The molecule has 0 atom stereocenters. The third-order valence-corrected chi connectivity index (χ3v) is 4.64. The summed E-state index contributed by atoms with van der Waals surface area (Å²) in [6.45, 7) is 4.13. The summed E-state index contributed by atoms with van der Waals surface area (Å²) in [5.41, 5.74) is 10.00. The van der Waals surface area contributed by atoms with Crippen LogP contribution in [0.4, 0.5) is 10.1 Å². The monoisotopic (exact) mass is 349 g/mol. The average Bonchev–Trinajstić information content (AvgIpc) is 3.00. The lowest BCUT2D eigenvalue weighted by Gasteiger charge is -2.27. The third kappa shape index (κ3) is 2.59. The second-order valence-electron chi connectivity index (χ2n) is 6.47. The Morgan fingerprint density at radius 1 is 1.19 bits per heavy atom. The highest BCUT2D eigenvalue weighted by Gasteiger charge is 2.27. The summed E-state index contributed by atoms with van der Waals surface area (Å²) in [6, 6.07) is 8.73. The third-order valence-electron chi connectivity index (χ3n) is 4.64. The van der Waals surface area contributed by atoms with E-state index in [-0.39, 0.29) is 5.82 Å². The highest BCUT2D eigenvalue weighted by molar-refractivity contribution is 5.71. The van der Waals surface area contributed by atoms with E-state index in [2.05, 4.69) is 29.2 Å². The second-order valence-corrected chi connectivity index (χ2v) is 6.47. The van der Waals surface area contributed by atoms with Crippen molar-refractivity contribution in [3.05, 3.63) is 71.8 Å². The van der Waals surface area contributed by atoms with Gasteiger partial charge in [-0.15, -0.1) is 0 Å². The molecule has 6 heteroatoms. The van der Waals surface area contributed by atoms with E-state index < -0.39 is 0 Å². The van der Waals surface area contributed by atoms with Crippen molar-refractivity contribution in [3.8, 4) is 16.9 Å². The van der Waals surface area contributed by atoms with Gasteiger partial charge in [0.2, 0.25) is 0 Å². The van der Waals surface area contributed by atoms with Crippen LogP contribution in [0.25, 0.3) is 16.9 Å². The average molecular weight is 349 g/mol. The maximum absolute atomic E-state index is 14.0. The zero-order valence-corrected chi connectivity index (χ0v) is 15.0. The molecular formula is C20H20FN5. The number of imidazole rings is 1. The zero-order chi connectivity index (χ0) is 18.3. The van der Waals surface area contributed by atoms with Crippen LogP contribution in [-0.2, 0) is 6.42 Å². The Hall–Kier alpha value is -2.99. The van der Waals surface area contributed by atoms with Gasteiger partial charge in [-0.05, 0) is 38.1 Å². The highest BCUT2D eigenvalue weighted by Crippen LogP contribution is 2.37. The molecule has 3 aromatic rings. The fourth-order valence-corrected chi connectivity index (χ4v) is 3.41. The number of halogens is 1. The lowest BCUT2D eigenvalue weighted by atomic mass is 10.1. The van der Waals surface area contributed by atoms with Gasteiger partial charge < -0.3 is 4.57 Å². The molecule has 0 radical (unpaired) electrons. The van der Waals surface area contributed by atoms with Gasteiger partial charge in [0, 0.05) is 43.2 Å². The predicted octanol–water partition coefficient (Wildman–Crippen LogP) is 3.86. The van der Waals surface area contributed by atoms with E-state index >= 15 is 0 Å². The van der Waals surface area contributed by atoms with Crippen molar-refractivity contribution in [2.24, 2.45) is 0 Å². The van der Waals surface area contributed by atoms with Gasteiger partial charge in [-0.25, -0.2) is 14.8 Å². The molecule has 0 saturated heterocycles. The molecule has 0 amide bonds. The molecule has 0 saturated carbocycles. The van der Waals surface area contributed by atoms with Crippen LogP contribution in [0.1, 0.15) is 19.5 Å². The van der Waals surface area contributed by atoms with Gasteiger partial charge in [0.25, 0.3) is 0 Å². The summed E-state index contributed by atoms with van der Waals surface area (Å²) in [7, 11) is 1.85. The summed E-state index contributed by atoms with van der Waals surface area (Å²) in [5, 5.41) is 1.95. The van der Waals surface area contributed by atoms with Gasteiger partial charge in [-0.2, -0.15) is 0 Å². The topological polar surface area (TPSA) is 46.0 Å². The van der Waals surface area contributed by atoms with E-state index in [1.54, 1.807) is 24.7 Å². The molecule has 1 aromatic carbocycles. The molecule has 1 aliphatic rings. The van der Waals surface area contributed by atoms with Gasteiger partial charge in [0.1, 0.15) is 12.1 Å². The van der Waals surface area contributed by atoms with Crippen LogP contribution >= 0.6 is 0 Å². The van der Waals surface area contributed by atoms with Crippen LogP contribution in [0.5, 0.6) is 0 Å². The Morgan fingerprint density at radius 3 is 2.73 bits per heavy atom. The molecular weight excluding hydrogens is 329 g/mol. The molecule has 0 unspecified atom stereocenters. The molecule has 0 fully saturated rings. The van der Waals surface area contributed by atoms with Gasteiger partial charge in [-0.3, -0.25) is 9.99 Å². The van der Waals surface area contributed by atoms with Crippen LogP contribution < -0.4 is 10.4 Å². The minimum absolute atomic E-state index is 0.270. The molecule has 0 spiro atoms. The van der Waals surface area contributed by atoms with Crippen LogP contribution in [0, 0.1) is 5.82 Å². The lowest BCUT2D eigenvalue weighted by molar-refractivity contribution is 0.625. The van der Waals surface area contributed by atoms with Crippen LogP contribution in [-0.4, -0.2) is 21.6 Å². The molecule has 1 N–H and O–H groups in total. The van der Waals surface area contributed by atoms with E-state index in [0.29, 0.717) is 6.42 Å². The first-order chi connectivity index (χ1) is 12.6. The van der Waals surface area contributed by atoms with Crippen molar-refractivity contribution < 1.29 is 4.39 Å². The number of nitrogens with one attached hydrogen (secondary N) is 1. The Balaban J connectivity index is 2.01. The minimum Gasteiger partial charge on any atom is -0.300 e. The molecule has 3 heterocycles. The first-order valence-corrected chi connectivity index (χ1v) is 8.50. The predicted molar refractivity (Wildman–Crippen MR) is 100 cm³/mol. The number of rotatable bonds is 2. The first-order valence-electron chi connectivity index (χ1n) is 8.50. The highest BCUT2D eigenvalue weighted by atomic mass is 19.1. The number of anilines is 1. The zero-order valence-electron chi connectivity index (χ0n) is 15.0.